The summed E-state index contributed by atoms with van der Waals surface area (Å²) in [7, 11) is -0.930. The molecule has 0 saturated carbocycles. The van der Waals surface area contributed by atoms with E-state index in [-0.39, 0.29) is 5.41 Å². The van der Waals surface area contributed by atoms with Gasteiger partial charge in [-0.15, -0.1) is 0 Å². The van der Waals surface area contributed by atoms with E-state index in [9.17, 15) is 4.21 Å². The molecule has 37 heavy (non-hydrogen) atoms. The highest BCUT2D eigenvalue weighted by molar-refractivity contribution is 8.03. The predicted octanol–water partition coefficient (Wildman–Crippen LogP) is 8.25. The Bertz CT molecular complexity index is 1480. The minimum atomic E-state index is -0.930. The SMILES string of the molecule is CCN1/C(=C/C2=CC(=C/c3sc4cc(S(=O)CC)ccc4[n+]3CC)/CC(C)(C)C2)Sc2ccc(C)cc21. The first-order valence-electron chi connectivity index (χ1n) is 13.2. The van der Waals surface area contributed by atoms with Gasteiger partial charge in [0.15, 0.2) is 0 Å². The third-order valence-corrected chi connectivity index (χ3v) is 10.6. The first-order valence-corrected chi connectivity index (χ1v) is 16.2. The minimum absolute atomic E-state index is 0.204. The van der Waals surface area contributed by atoms with Crippen LogP contribution in [0.25, 0.3) is 16.3 Å². The van der Waals surface area contributed by atoms with Crippen molar-refractivity contribution in [2.75, 3.05) is 17.2 Å². The quantitative estimate of drug-likeness (QED) is 0.289. The minimum Gasteiger partial charge on any atom is -0.335 e. The maximum atomic E-state index is 12.4. The molecule has 1 unspecified atom stereocenters. The van der Waals surface area contributed by atoms with Crippen LogP contribution < -0.4 is 9.47 Å². The predicted molar refractivity (Wildman–Crippen MR) is 162 cm³/mol. The smallest absolute Gasteiger partial charge is 0.263 e. The molecule has 3 nitrogen and oxygen atoms in total. The number of hydrogen-bond donors (Lipinski definition) is 0. The third-order valence-electron chi connectivity index (χ3n) is 7.10. The van der Waals surface area contributed by atoms with Crippen LogP contribution >= 0.6 is 23.1 Å². The number of fused-ring (bicyclic) bond motifs is 2. The normalized spacial score (nSPS) is 20.1. The summed E-state index contributed by atoms with van der Waals surface area (Å²) in [5.41, 5.74) is 6.86. The number of nitrogens with zero attached hydrogens (tertiary/aromatic N) is 2. The molecule has 0 bridgehead atoms. The van der Waals surface area contributed by atoms with Crippen molar-refractivity contribution < 1.29 is 8.78 Å². The third kappa shape index (κ3) is 5.39. The summed E-state index contributed by atoms with van der Waals surface area (Å²) in [5.74, 6) is 0.651. The number of hydrogen-bond acceptors (Lipinski definition) is 4. The topological polar surface area (TPSA) is 24.2 Å². The van der Waals surface area contributed by atoms with E-state index in [0.29, 0.717) is 5.75 Å². The van der Waals surface area contributed by atoms with E-state index in [1.54, 1.807) is 0 Å². The highest BCUT2D eigenvalue weighted by Gasteiger charge is 2.29. The average Bonchev–Trinajstić information content (AvgIpc) is 3.37. The van der Waals surface area contributed by atoms with Gasteiger partial charge in [0, 0.05) is 34.2 Å². The van der Waals surface area contributed by atoms with Gasteiger partial charge in [0.1, 0.15) is 11.2 Å². The van der Waals surface area contributed by atoms with Gasteiger partial charge in [0.25, 0.3) is 5.01 Å². The average molecular weight is 550 g/mol. The lowest BCUT2D eigenvalue weighted by atomic mass is 9.75. The Kier molecular flexibility index (Phi) is 7.54. The van der Waals surface area contributed by atoms with Gasteiger partial charge >= 0.3 is 0 Å². The molecule has 0 N–H and O–H groups in total. The summed E-state index contributed by atoms with van der Waals surface area (Å²) < 4.78 is 16.0. The van der Waals surface area contributed by atoms with Crippen molar-refractivity contribution in [3.8, 4) is 0 Å². The van der Waals surface area contributed by atoms with E-state index in [4.69, 9.17) is 0 Å². The summed E-state index contributed by atoms with van der Waals surface area (Å²) >= 11 is 3.70. The van der Waals surface area contributed by atoms with Crippen molar-refractivity contribution in [2.24, 2.45) is 5.41 Å². The molecule has 3 aromatic rings. The molecule has 1 aliphatic carbocycles. The van der Waals surface area contributed by atoms with Gasteiger partial charge in [-0.25, -0.2) is 0 Å². The second kappa shape index (κ2) is 10.5. The zero-order valence-electron chi connectivity index (χ0n) is 22.8. The molecule has 1 aromatic heterocycles. The molecule has 0 spiro atoms. The number of rotatable bonds is 6. The molecular formula is C31H37N2OS3+. The Balaban J connectivity index is 1.53. The first kappa shape index (κ1) is 26.5. The van der Waals surface area contributed by atoms with Gasteiger partial charge in [0.05, 0.1) is 21.5 Å². The maximum Gasteiger partial charge on any atom is 0.263 e. The fraction of sp³-hybridized carbons (Fsp3) is 0.387. The van der Waals surface area contributed by atoms with Crippen LogP contribution in [0.15, 0.2) is 74.5 Å². The van der Waals surface area contributed by atoms with Crippen LogP contribution in [-0.4, -0.2) is 16.5 Å². The summed E-state index contributed by atoms with van der Waals surface area (Å²) in [6.45, 7) is 15.2. The fourth-order valence-electron chi connectivity index (χ4n) is 5.48. The summed E-state index contributed by atoms with van der Waals surface area (Å²) in [4.78, 5) is 4.73. The van der Waals surface area contributed by atoms with E-state index in [2.05, 4.69) is 92.6 Å². The fourth-order valence-corrected chi connectivity index (χ4v) is 8.78. The molecule has 0 saturated heterocycles. The lowest BCUT2D eigenvalue weighted by Crippen LogP contribution is -2.33. The standard InChI is InChI=1S/C31H37N2OS3/c1-7-32-25-12-11-24(37(34)9-3)18-28(25)36-29(32)16-22-15-23(20-31(5,6)19-22)17-30-33(8-2)26-14-21(4)10-13-27(26)35-30/h10-18H,7-9,19-20H2,1-6H3/q+1. The summed E-state index contributed by atoms with van der Waals surface area (Å²) in [6, 6.07) is 13.1. The molecule has 0 radical (unpaired) electrons. The lowest BCUT2D eigenvalue weighted by molar-refractivity contribution is -0.665. The highest BCUT2D eigenvalue weighted by Crippen LogP contribution is 2.48. The van der Waals surface area contributed by atoms with Crippen LogP contribution in [0.2, 0.25) is 0 Å². The second-order valence-electron chi connectivity index (χ2n) is 10.7. The molecule has 5 rings (SSSR count). The van der Waals surface area contributed by atoms with Gasteiger partial charge in [-0.2, -0.15) is 4.57 Å². The zero-order valence-corrected chi connectivity index (χ0v) is 25.2. The Morgan fingerprint density at radius 1 is 1.08 bits per heavy atom. The van der Waals surface area contributed by atoms with Crippen LogP contribution in [0.3, 0.4) is 0 Å². The highest BCUT2D eigenvalue weighted by atomic mass is 32.2. The number of thioether (sulfide) groups is 1. The second-order valence-corrected chi connectivity index (χ2v) is 14.6. The van der Waals surface area contributed by atoms with Crippen molar-refractivity contribution in [3.63, 3.8) is 0 Å². The van der Waals surface area contributed by atoms with Gasteiger partial charge in [0.2, 0.25) is 5.52 Å². The van der Waals surface area contributed by atoms with E-state index in [1.165, 1.54) is 47.5 Å². The maximum absolute atomic E-state index is 12.4. The molecule has 0 fully saturated rings. The number of aromatic nitrogens is 1. The Labute approximate surface area is 232 Å². The molecule has 2 heterocycles. The van der Waals surface area contributed by atoms with Gasteiger partial charge < -0.3 is 4.90 Å². The molecular weight excluding hydrogens is 513 g/mol. The Morgan fingerprint density at radius 2 is 1.89 bits per heavy atom. The van der Waals surface area contributed by atoms with Crippen molar-refractivity contribution in [3.05, 3.63) is 75.3 Å². The van der Waals surface area contributed by atoms with Gasteiger partial charge in [-0.1, -0.05) is 56.0 Å². The van der Waals surface area contributed by atoms with Crippen LogP contribution in [0.5, 0.6) is 0 Å². The Hall–Kier alpha value is -2.15. The van der Waals surface area contributed by atoms with Gasteiger partial charge in [-0.05, 0) is 86.1 Å². The lowest BCUT2D eigenvalue weighted by Gasteiger charge is -2.31. The first-order chi connectivity index (χ1) is 17.7. The Morgan fingerprint density at radius 3 is 2.62 bits per heavy atom. The molecule has 194 valence electrons. The van der Waals surface area contributed by atoms with Crippen molar-refractivity contribution in [1.82, 2.24) is 0 Å². The van der Waals surface area contributed by atoms with Gasteiger partial charge in [-0.3, -0.25) is 4.21 Å². The van der Waals surface area contributed by atoms with Crippen LogP contribution in [-0.2, 0) is 17.3 Å². The van der Waals surface area contributed by atoms with Crippen molar-refractivity contribution >= 4 is 55.9 Å². The molecule has 0 amide bonds. The van der Waals surface area contributed by atoms with E-state index in [0.717, 1.165) is 30.8 Å². The summed E-state index contributed by atoms with van der Waals surface area (Å²) in [6.07, 6.45) is 9.37. The number of benzene rings is 2. The molecule has 2 aromatic carbocycles. The zero-order chi connectivity index (χ0) is 26.3. The molecule has 6 heteroatoms. The van der Waals surface area contributed by atoms with Crippen LogP contribution in [0.4, 0.5) is 5.69 Å². The largest absolute Gasteiger partial charge is 0.335 e. The summed E-state index contributed by atoms with van der Waals surface area (Å²) in [5, 5.41) is 2.59. The van der Waals surface area contributed by atoms with E-state index >= 15 is 0 Å². The molecule has 1 atom stereocenters. The monoisotopic (exact) mass is 549 g/mol. The van der Waals surface area contributed by atoms with Crippen LogP contribution in [0, 0.1) is 12.3 Å². The van der Waals surface area contributed by atoms with E-state index in [1.807, 2.05) is 36.1 Å². The molecule has 2 aliphatic rings. The van der Waals surface area contributed by atoms with Crippen molar-refractivity contribution in [2.45, 2.75) is 70.7 Å². The molecule has 1 aliphatic heterocycles. The number of allylic oxidation sites excluding steroid dienone is 4. The number of anilines is 1. The number of aryl methyl sites for hydroxylation is 2. The van der Waals surface area contributed by atoms with E-state index < -0.39 is 10.8 Å². The van der Waals surface area contributed by atoms with Crippen molar-refractivity contribution in [1.29, 1.82) is 0 Å². The van der Waals surface area contributed by atoms with Crippen LogP contribution in [0.1, 0.15) is 58.0 Å². The number of thiazole rings is 1.